The number of nitrogens with zero attached hydrogens (tertiary/aromatic N) is 3. The fourth-order valence-electron chi connectivity index (χ4n) is 2.28. The van der Waals surface area contributed by atoms with Gasteiger partial charge in [-0.25, -0.2) is 0 Å². The lowest BCUT2D eigenvalue weighted by molar-refractivity contribution is -0.154. The molecule has 1 aromatic rings. The number of methoxy groups -OCH3 is 1. The van der Waals surface area contributed by atoms with E-state index in [0.29, 0.717) is 13.2 Å². The van der Waals surface area contributed by atoms with Crippen LogP contribution in [0.3, 0.4) is 0 Å². The van der Waals surface area contributed by atoms with Gasteiger partial charge < -0.3 is 19.5 Å². The van der Waals surface area contributed by atoms with E-state index in [0.717, 1.165) is 5.69 Å². The van der Waals surface area contributed by atoms with E-state index in [2.05, 4.69) is 5.10 Å². The molecular weight excluding hydrogens is 274 g/mol. The van der Waals surface area contributed by atoms with E-state index >= 15 is 0 Å². The Morgan fingerprint density at radius 1 is 1.62 bits per heavy atom. The lowest BCUT2D eigenvalue weighted by Gasteiger charge is -2.38. The second-order valence-corrected chi connectivity index (χ2v) is 5.03. The first kappa shape index (κ1) is 15.7. The number of amides is 1. The zero-order chi connectivity index (χ0) is 15.4. The highest BCUT2D eigenvalue weighted by Crippen LogP contribution is 2.16. The Hall–Kier alpha value is -1.70. The van der Waals surface area contributed by atoms with E-state index in [1.54, 1.807) is 31.1 Å². The maximum Gasteiger partial charge on any atom is 0.246 e. The Labute approximate surface area is 123 Å². The maximum atomic E-state index is 12.2. The molecule has 2 rings (SSSR count). The van der Waals surface area contributed by atoms with Crippen LogP contribution in [-0.4, -0.2) is 71.3 Å². The van der Waals surface area contributed by atoms with Crippen molar-refractivity contribution < 1.29 is 19.4 Å². The molecule has 1 N–H and O–H groups in total. The Kier molecular flexibility index (Phi) is 5.11. The van der Waals surface area contributed by atoms with Gasteiger partial charge in [0, 0.05) is 33.5 Å². The summed E-state index contributed by atoms with van der Waals surface area (Å²) in [5.74, 6) is -0.208. The summed E-state index contributed by atoms with van der Waals surface area (Å²) in [5, 5.41) is 14.2. The van der Waals surface area contributed by atoms with E-state index in [1.165, 1.54) is 18.1 Å². The van der Waals surface area contributed by atoms with Gasteiger partial charge in [0.25, 0.3) is 0 Å². The molecule has 7 nitrogen and oxygen atoms in total. The highest BCUT2D eigenvalue weighted by atomic mass is 16.5. The van der Waals surface area contributed by atoms with Crippen molar-refractivity contribution in [1.29, 1.82) is 0 Å². The van der Waals surface area contributed by atoms with Gasteiger partial charge in [-0.15, -0.1) is 0 Å². The molecule has 0 radical (unpaired) electrons. The van der Waals surface area contributed by atoms with Gasteiger partial charge in [0.05, 0.1) is 24.9 Å². The molecule has 0 aromatic carbocycles. The zero-order valence-corrected chi connectivity index (χ0v) is 12.5. The second-order valence-electron chi connectivity index (χ2n) is 5.03. The molecule has 1 fully saturated rings. The summed E-state index contributed by atoms with van der Waals surface area (Å²) in [6.45, 7) is 0.629. The molecule has 116 valence electrons. The molecule has 1 aliphatic heterocycles. The average molecular weight is 295 g/mol. The highest BCUT2D eigenvalue weighted by molar-refractivity contribution is 5.91. The fraction of sp³-hybridized carbons (Fsp3) is 0.571. The monoisotopic (exact) mass is 295 g/mol. The number of aliphatic hydroxyl groups excluding tert-OH is 1. The van der Waals surface area contributed by atoms with Crippen LogP contribution >= 0.6 is 0 Å². The molecule has 7 heteroatoms. The van der Waals surface area contributed by atoms with Crippen LogP contribution in [0.15, 0.2) is 18.3 Å². The third-order valence-electron chi connectivity index (χ3n) is 3.75. The number of aliphatic hydroxyl groups is 1. The first-order valence-electron chi connectivity index (χ1n) is 6.76. The number of rotatable bonds is 4. The third kappa shape index (κ3) is 3.49. The van der Waals surface area contributed by atoms with Crippen molar-refractivity contribution in [3.05, 3.63) is 24.0 Å². The van der Waals surface area contributed by atoms with Crippen LogP contribution < -0.4 is 0 Å². The number of aromatic nitrogens is 2. The smallest absolute Gasteiger partial charge is 0.246 e. The van der Waals surface area contributed by atoms with Crippen molar-refractivity contribution in [3.8, 4) is 0 Å². The maximum absolute atomic E-state index is 12.2. The molecule has 0 spiro atoms. The summed E-state index contributed by atoms with van der Waals surface area (Å²) in [6.07, 6.45) is 3.63. The molecular formula is C14H21N3O4. The van der Waals surface area contributed by atoms with Gasteiger partial charge in [-0.3, -0.25) is 9.48 Å². The standard InChI is InChI=1S/C14H21N3O4/c1-16(11-8-21-9-12(20-3)14(11)19)13(18)5-4-10-6-7-15-17(10)2/h4-7,11-12,14,19H,8-9H2,1-3H3/b5-4+/t11-,12-,14+/m1/s1. The summed E-state index contributed by atoms with van der Waals surface area (Å²) in [5.41, 5.74) is 0.826. The van der Waals surface area contributed by atoms with Crippen molar-refractivity contribution in [2.45, 2.75) is 18.2 Å². The topological polar surface area (TPSA) is 76.8 Å². The molecule has 1 amide bonds. The van der Waals surface area contributed by atoms with Crippen LogP contribution in [0.5, 0.6) is 0 Å². The number of carbonyl (C=O) groups excluding carboxylic acids is 1. The van der Waals surface area contributed by atoms with E-state index in [1.807, 2.05) is 6.07 Å². The summed E-state index contributed by atoms with van der Waals surface area (Å²) in [6, 6.07) is 1.39. The minimum atomic E-state index is -0.761. The van der Waals surface area contributed by atoms with Crippen molar-refractivity contribution in [3.63, 3.8) is 0 Å². The summed E-state index contributed by atoms with van der Waals surface area (Å²) in [7, 11) is 4.96. The Balaban J connectivity index is 2.02. The normalized spacial score (nSPS) is 26.2. The summed E-state index contributed by atoms with van der Waals surface area (Å²) in [4.78, 5) is 13.7. The van der Waals surface area contributed by atoms with Crippen molar-refractivity contribution >= 4 is 12.0 Å². The van der Waals surface area contributed by atoms with Crippen molar-refractivity contribution in [2.24, 2.45) is 7.05 Å². The molecule has 0 aliphatic carbocycles. The summed E-state index contributed by atoms with van der Waals surface area (Å²) >= 11 is 0. The SMILES string of the molecule is CO[C@@H]1COC[C@@H](N(C)C(=O)/C=C/c2ccnn2C)[C@@H]1O. The van der Waals surface area contributed by atoms with Crippen LogP contribution in [0, 0.1) is 0 Å². The molecule has 0 bridgehead atoms. The zero-order valence-electron chi connectivity index (χ0n) is 12.5. The largest absolute Gasteiger partial charge is 0.388 e. The van der Waals surface area contributed by atoms with Gasteiger partial charge >= 0.3 is 0 Å². The first-order chi connectivity index (χ1) is 10.0. The molecule has 2 heterocycles. The average Bonchev–Trinajstić information content (AvgIpc) is 2.89. The minimum absolute atomic E-state index is 0.208. The number of aryl methyl sites for hydroxylation is 1. The van der Waals surface area contributed by atoms with E-state index in [4.69, 9.17) is 9.47 Å². The minimum Gasteiger partial charge on any atom is -0.388 e. The van der Waals surface area contributed by atoms with Crippen LogP contribution in [0.4, 0.5) is 0 Å². The van der Waals surface area contributed by atoms with E-state index in [-0.39, 0.29) is 5.91 Å². The number of hydrogen-bond acceptors (Lipinski definition) is 5. The fourth-order valence-corrected chi connectivity index (χ4v) is 2.28. The van der Waals surface area contributed by atoms with Gasteiger partial charge in [-0.1, -0.05) is 0 Å². The van der Waals surface area contributed by atoms with Gasteiger partial charge in [0.1, 0.15) is 12.2 Å². The predicted molar refractivity (Wildman–Crippen MR) is 76.4 cm³/mol. The molecule has 0 unspecified atom stereocenters. The molecule has 21 heavy (non-hydrogen) atoms. The van der Waals surface area contributed by atoms with Crippen LogP contribution in [0.1, 0.15) is 5.69 Å². The molecule has 1 saturated heterocycles. The molecule has 3 atom stereocenters. The number of hydrogen-bond donors (Lipinski definition) is 1. The molecule has 0 saturated carbocycles. The van der Waals surface area contributed by atoms with E-state index in [9.17, 15) is 9.90 Å². The molecule has 1 aromatic heterocycles. The Morgan fingerprint density at radius 3 is 3.00 bits per heavy atom. The van der Waals surface area contributed by atoms with Crippen LogP contribution in [0.2, 0.25) is 0 Å². The van der Waals surface area contributed by atoms with Gasteiger partial charge in [0.15, 0.2) is 0 Å². The first-order valence-corrected chi connectivity index (χ1v) is 6.76. The van der Waals surface area contributed by atoms with Crippen molar-refractivity contribution in [1.82, 2.24) is 14.7 Å². The highest BCUT2D eigenvalue weighted by Gasteiger charge is 2.36. The second kappa shape index (κ2) is 6.84. The third-order valence-corrected chi connectivity index (χ3v) is 3.75. The van der Waals surface area contributed by atoms with E-state index < -0.39 is 18.2 Å². The van der Waals surface area contributed by atoms with Crippen LogP contribution in [-0.2, 0) is 21.3 Å². The number of likely N-dealkylation sites (N-methyl/N-ethyl adjacent to an activating group) is 1. The van der Waals surface area contributed by atoms with Gasteiger partial charge in [-0.05, 0) is 12.1 Å². The van der Waals surface area contributed by atoms with Crippen LogP contribution in [0.25, 0.3) is 6.08 Å². The van der Waals surface area contributed by atoms with Crippen molar-refractivity contribution in [2.75, 3.05) is 27.4 Å². The number of ether oxygens (including phenoxy) is 2. The van der Waals surface area contributed by atoms with Gasteiger partial charge in [-0.2, -0.15) is 5.10 Å². The van der Waals surface area contributed by atoms with Gasteiger partial charge in [0.2, 0.25) is 5.91 Å². The Morgan fingerprint density at radius 2 is 2.38 bits per heavy atom. The molecule has 1 aliphatic rings. The quantitative estimate of drug-likeness (QED) is 0.770. The lowest BCUT2D eigenvalue weighted by Crippen LogP contribution is -2.56. The Bertz CT molecular complexity index is 514. The summed E-state index contributed by atoms with van der Waals surface area (Å²) < 4.78 is 12.2. The predicted octanol–water partition coefficient (Wildman–Crippen LogP) is -0.334. The number of carbonyl (C=O) groups is 1. The lowest BCUT2D eigenvalue weighted by atomic mass is 10.0.